The zero-order chi connectivity index (χ0) is 15.0. The molecule has 1 aromatic heterocycles. The van der Waals surface area contributed by atoms with Gasteiger partial charge in [-0.05, 0) is 53.2 Å². The topological polar surface area (TPSA) is 69.6 Å². The third kappa shape index (κ3) is 2.45. The highest BCUT2D eigenvalue weighted by Crippen LogP contribution is 2.27. The number of halogens is 2. The van der Waals surface area contributed by atoms with Gasteiger partial charge in [-0.15, -0.1) is 5.10 Å². The number of aromatic nitrogens is 4. The molecule has 7 heteroatoms. The molecule has 0 saturated heterocycles. The van der Waals surface area contributed by atoms with E-state index in [4.69, 9.17) is 17.3 Å². The maximum absolute atomic E-state index is 13.4. The lowest BCUT2D eigenvalue weighted by molar-refractivity contribution is 0.628. The second-order valence-corrected chi connectivity index (χ2v) is 4.99. The normalized spacial score (nSPS) is 10.8. The van der Waals surface area contributed by atoms with Gasteiger partial charge in [0.25, 0.3) is 0 Å². The number of anilines is 1. The third-order valence-corrected chi connectivity index (χ3v) is 3.53. The van der Waals surface area contributed by atoms with Crippen LogP contribution in [0.15, 0.2) is 36.4 Å². The number of nitrogen functional groups attached to an aromatic ring is 1. The zero-order valence-electron chi connectivity index (χ0n) is 11.1. The molecule has 0 aliphatic rings. The fraction of sp³-hybridized carbons (Fsp3) is 0.0714. The van der Waals surface area contributed by atoms with Gasteiger partial charge in [0.2, 0.25) is 0 Å². The predicted octanol–water partition coefficient (Wildman–Crippen LogP) is 3.01. The Morgan fingerprint density at radius 1 is 1.19 bits per heavy atom. The van der Waals surface area contributed by atoms with Crippen molar-refractivity contribution < 1.29 is 4.39 Å². The van der Waals surface area contributed by atoms with Crippen molar-refractivity contribution >= 4 is 17.3 Å². The summed E-state index contributed by atoms with van der Waals surface area (Å²) in [5, 5.41) is 12.1. The minimum Gasteiger partial charge on any atom is -0.398 e. The molecule has 2 aromatic carbocycles. The molecule has 5 nitrogen and oxygen atoms in total. The maximum atomic E-state index is 13.4. The molecule has 3 aromatic rings. The van der Waals surface area contributed by atoms with Crippen molar-refractivity contribution in [2.24, 2.45) is 0 Å². The fourth-order valence-corrected chi connectivity index (χ4v) is 2.14. The van der Waals surface area contributed by atoms with Crippen LogP contribution in [0.5, 0.6) is 0 Å². The van der Waals surface area contributed by atoms with Crippen LogP contribution < -0.4 is 5.73 Å². The molecule has 0 spiro atoms. The fourth-order valence-electron chi connectivity index (χ4n) is 1.96. The van der Waals surface area contributed by atoms with Crippen molar-refractivity contribution in [2.45, 2.75) is 6.92 Å². The smallest absolute Gasteiger partial charge is 0.189 e. The Balaban J connectivity index is 2.17. The Morgan fingerprint density at radius 2 is 2.00 bits per heavy atom. The first-order valence-corrected chi connectivity index (χ1v) is 6.54. The molecule has 0 aliphatic heterocycles. The van der Waals surface area contributed by atoms with Crippen LogP contribution in [0, 0.1) is 12.7 Å². The first-order valence-electron chi connectivity index (χ1n) is 6.16. The van der Waals surface area contributed by atoms with Crippen LogP contribution in [-0.4, -0.2) is 20.2 Å². The van der Waals surface area contributed by atoms with Crippen LogP contribution in [0.25, 0.3) is 17.1 Å². The number of hydrogen-bond donors (Lipinski definition) is 1. The summed E-state index contributed by atoms with van der Waals surface area (Å²) >= 11 is 6.12. The van der Waals surface area contributed by atoms with E-state index in [1.807, 2.05) is 19.1 Å². The van der Waals surface area contributed by atoms with Crippen molar-refractivity contribution in [3.05, 3.63) is 52.8 Å². The molecule has 106 valence electrons. The van der Waals surface area contributed by atoms with E-state index >= 15 is 0 Å². The maximum Gasteiger partial charge on any atom is 0.189 e. The summed E-state index contributed by atoms with van der Waals surface area (Å²) in [5.41, 5.74) is 8.32. The number of rotatable bonds is 2. The third-order valence-electron chi connectivity index (χ3n) is 3.13. The van der Waals surface area contributed by atoms with Gasteiger partial charge in [0.15, 0.2) is 5.82 Å². The van der Waals surface area contributed by atoms with E-state index in [1.165, 1.54) is 22.9 Å². The van der Waals surface area contributed by atoms with Gasteiger partial charge in [-0.3, -0.25) is 0 Å². The monoisotopic (exact) mass is 303 g/mol. The summed E-state index contributed by atoms with van der Waals surface area (Å²) in [6.07, 6.45) is 0. The van der Waals surface area contributed by atoms with Crippen LogP contribution in [0.4, 0.5) is 10.1 Å². The Labute approximate surface area is 125 Å². The van der Waals surface area contributed by atoms with E-state index in [-0.39, 0.29) is 0 Å². The standard InChI is InChI=1S/C14H11ClFN5/c1-8-2-4-10(7-12(8)15)21-14(18-19-20-21)11-6-9(16)3-5-13(11)17/h2-7H,17H2,1H3. The molecular weight excluding hydrogens is 293 g/mol. The van der Waals surface area contributed by atoms with Crippen molar-refractivity contribution in [2.75, 3.05) is 5.73 Å². The lowest BCUT2D eigenvalue weighted by Gasteiger charge is -2.08. The molecule has 21 heavy (non-hydrogen) atoms. The SMILES string of the molecule is Cc1ccc(-n2nnnc2-c2cc(F)ccc2N)cc1Cl. The molecular formula is C14H11ClFN5. The number of benzene rings is 2. The lowest BCUT2D eigenvalue weighted by atomic mass is 10.1. The molecule has 0 unspecified atom stereocenters. The molecule has 2 N–H and O–H groups in total. The van der Waals surface area contributed by atoms with Gasteiger partial charge in [-0.1, -0.05) is 17.7 Å². The number of nitrogens with zero attached hydrogens (tertiary/aromatic N) is 4. The van der Waals surface area contributed by atoms with E-state index < -0.39 is 5.82 Å². The summed E-state index contributed by atoms with van der Waals surface area (Å²) in [4.78, 5) is 0. The highest BCUT2D eigenvalue weighted by molar-refractivity contribution is 6.31. The van der Waals surface area contributed by atoms with Crippen molar-refractivity contribution in [1.29, 1.82) is 0 Å². The Morgan fingerprint density at radius 3 is 2.76 bits per heavy atom. The summed E-state index contributed by atoms with van der Waals surface area (Å²) in [7, 11) is 0. The van der Waals surface area contributed by atoms with Crippen molar-refractivity contribution in [1.82, 2.24) is 20.2 Å². The molecule has 1 heterocycles. The Hall–Kier alpha value is -2.47. The second kappa shape index (κ2) is 5.14. The van der Waals surface area contributed by atoms with Gasteiger partial charge < -0.3 is 5.73 Å². The van der Waals surface area contributed by atoms with Crippen LogP contribution >= 0.6 is 11.6 Å². The van der Waals surface area contributed by atoms with Gasteiger partial charge in [0.1, 0.15) is 5.82 Å². The summed E-state index contributed by atoms with van der Waals surface area (Å²) in [6.45, 7) is 1.90. The molecule has 0 atom stereocenters. The molecule has 0 fully saturated rings. The lowest BCUT2D eigenvalue weighted by Crippen LogP contribution is -2.02. The molecule has 0 amide bonds. The van der Waals surface area contributed by atoms with Crippen molar-refractivity contribution in [3.63, 3.8) is 0 Å². The quantitative estimate of drug-likeness (QED) is 0.739. The van der Waals surface area contributed by atoms with Gasteiger partial charge in [-0.25, -0.2) is 4.39 Å². The Bertz CT molecular complexity index is 815. The van der Waals surface area contributed by atoms with E-state index in [0.29, 0.717) is 27.8 Å². The van der Waals surface area contributed by atoms with E-state index in [0.717, 1.165) is 5.56 Å². The van der Waals surface area contributed by atoms with Crippen LogP contribution in [0.2, 0.25) is 5.02 Å². The largest absolute Gasteiger partial charge is 0.398 e. The van der Waals surface area contributed by atoms with Gasteiger partial charge >= 0.3 is 0 Å². The van der Waals surface area contributed by atoms with E-state index in [9.17, 15) is 4.39 Å². The molecule has 3 rings (SSSR count). The average molecular weight is 304 g/mol. The second-order valence-electron chi connectivity index (χ2n) is 4.58. The van der Waals surface area contributed by atoms with Crippen LogP contribution in [0.1, 0.15) is 5.56 Å². The zero-order valence-corrected chi connectivity index (χ0v) is 11.8. The van der Waals surface area contributed by atoms with Gasteiger partial charge in [0.05, 0.1) is 5.69 Å². The highest BCUT2D eigenvalue weighted by atomic mass is 35.5. The van der Waals surface area contributed by atoms with Gasteiger partial charge in [0, 0.05) is 16.3 Å². The highest BCUT2D eigenvalue weighted by Gasteiger charge is 2.15. The van der Waals surface area contributed by atoms with Crippen LogP contribution in [0.3, 0.4) is 0 Å². The molecule has 0 saturated carbocycles. The van der Waals surface area contributed by atoms with Crippen LogP contribution in [-0.2, 0) is 0 Å². The summed E-state index contributed by atoms with van der Waals surface area (Å²) in [6, 6.07) is 9.50. The number of nitrogens with two attached hydrogens (primary N) is 1. The first kappa shape index (κ1) is 13.5. The Kier molecular flexibility index (Phi) is 3.31. The van der Waals surface area contributed by atoms with Crippen molar-refractivity contribution in [3.8, 4) is 17.1 Å². The molecule has 0 bridgehead atoms. The molecule has 0 aliphatic carbocycles. The minimum atomic E-state index is -0.407. The number of hydrogen-bond acceptors (Lipinski definition) is 4. The van der Waals surface area contributed by atoms with Gasteiger partial charge in [-0.2, -0.15) is 4.68 Å². The molecule has 0 radical (unpaired) electrons. The summed E-state index contributed by atoms with van der Waals surface area (Å²) in [5.74, 6) is -0.0531. The average Bonchev–Trinajstić information content (AvgIpc) is 2.93. The summed E-state index contributed by atoms with van der Waals surface area (Å²) < 4.78 is 14.9. The number of tetrazole rings is 1. The number of aryl methyl sites for hydroxylation is 1. The minimum absolute atomic E-state index is 0.354. The van der Waals surface area contributed by atoms with E-state index in [1.54, 1.807) is 6.07 Å². The first-order chi connectivity index (χ1) is 10.1. The predicted molar refractivity (Wildman–Crippen MR) is 78.7 cm³/mol. The van der Waals surface area contributed by atoms with E-state index in [2.05, 4.69) is 15.5 Å².